The van der Waals surface area contributed by atoms with Gasteiger partial charge >= 0.3 is 6.18 Å². The van der Waals surface area contributed by atoms with Crippen molar-refractivity contribution in [2.45, 2.75) is 6.18 Å². The van der Waals surface area contributed by atoms with Crippen molar-refractivity contribution in [3.63, 3.8) is 0 Å². The van der Waals surface area contributed by atoms with E-state index in [1.807, 2.05) is 4.90 Å². The van der Waals surface area contributed by atoms with E-state index < -0.39 is 30.2 Å². The first-order chi connectivity index (χ1) is 15.2. The van der Waals surface area contributed by atoms with Crippen LogP contribution in [-0.2, 0) is 15.7 Å². The molecule has 0 spiro atoms. The van der Waals surface area contributed by atoms with E-state index in [9.17, 15) is 22.8 Å². The fourth-order valence-electron chi connectivity index (χ4n) is 3.24. The van der Waals surface area contributed by atoms with Crippen LogP contribution in [0.5, 0.6) is 11.5 Å². The van der Waals surface area contributed by atoms with Crippen LogP contribution in [0.15, 0.2) is 36.4 Å². The van der Waals surface area contributed by atoms with Gasteiger partial charge in [0, 0.05) is 13.1 Å². The minimum absolute atomic E-state index is 0.00484. The summed E-state index contributed by atoms with van der Waals surface area (Å²) >= 11 is 0. The highest BCUT2D eigenvalue weighted by Crippen LogP contribution is 2.36. The van der Waals surface area contributed by atoms with Gasteiger partial charge in [-0.25, -0.2) is 0 Å². The molecule has 1 saturated heterocycles. The van der Waals surface area contributed by atoms with Crippen LogP contribution < -0.4 is 25.4 Å². The maximum atomic E-state index is 13.2. The quantitative estimate of drug-likeness (QED) is 0.668. The molecule has 8 nitrogen and oxygen atoms in total. The van der Waals surface area contributed by atoms with Gasteiger partial charge in [0.15, 0.2) is 18.1 Å². The number of halogens is 3. The molecule has 0 atom stereocenters. The van der Waals surface area contributed by atoms with Crippen molar-refractivity contribution >= 4 is 23.2 Å². The molecule has 0 aliphatic carbocycles. The summed E-state index contributed by atoms with van der Waals surface area (Å²) in [5, 5.41) is 2.47. The highest BCUT2D eigenvalue weighted by atomic mass is 19.4. The molecular weight excluding hydrogens is 431 g/mol. The number of hydrogen-bond donors (Lipinski definition) is 2. The second-order valence-electron chi connectivity index (χ2n) is 6.87. The number of amides is 2. The molecule has 2 aromatic carbocycles. The summed E-state index contributed by atoms with van der Waals surface area (Å²) < 4.78 is 55.5. The number of anilines is 2. The molecule has 0 unspecified atom stereocenters. The summed E-state index contributed by atoms with van der Waals surface area (Å²) in [6, 6.07) is 7.61. The number of nitrogens with zero attached hydrogens (tertiary/aromatic N) is 1. The molecule has 1 heterocycles. The summed E-state index contributed by atoms with van der Waals surface area (Å²) in [5.41, 5.74) is 4.86. The summed E-state index contributed by atoms with van der Waals surface area (Å²) in [4.78, 5) is 26.0. The fourth-order valence-corrected chi connectivity index (χ4v) is 3.24. The largest absolute Gasteiger partial charge is 0.493 e. The normalized spacial score (nSPS) is 14.1. The number of methoxy groups -OCH3 is 1. The van der Waals surface area contributed by atoms with Gasteiger partial charge in [-0.2, -0.15) is 13.2 Å². The lowest BCUT2D eigenvalue weighted by Crippen LogP contribution is -2.37. The van der Waals surface area contributed by atoms with E-state index in [1.54, 1.807) is 0 Å². The van der Waals surface area contributed by atoms with Crippen molar-refractivity contribution in [1.82, 2.24) is 0 Å². The molecule has 3 N–H and O–H groups in total. The van der Waals surface area contributed by atoms with E-state index in [4.69, 9.17) is 19.9 Å². The van der Waals surface area contributed by atoms with Gasteiger partial charge in [0.2, 0.25) is 0 Å². The second-order valence-corrected chi connectivity index (χ2v) is 6.87. The van der Waals surface area contributed by atoms with Gasteiger partial charge in [0.05, 0.1) is 42.8 Å². The van der Waals surface area contributed by atoms with Crippen LogP contribution in [0.2, 0.25) is 0 Å². The highest BCUT2D eigenvalue weighted by molar-refractivity contribution is 5.98. The number of ether oxygens (including phenoxy) is 3. The van der Waals surface area contributed by atoms with E-state index in [1.165, 1.54) is 31.4 Å². The molecule has 2 aromatic rings. The first-order valence-electron chi connectivity index (χ1n) is 9.64. The third-order valence-corrected chi connectivity index (χ3v) is 4.76. The predicted octanol–water partition coefficient (Wildman–Crippen LogP) is 2.67. The minimum Gasteiger partial charge on any atom is -0.493 e. The first-order valence-corrected chi connectivity index (χ1v) is 9.64. The van der Waals surface area contributed by atoms with Crippen LogP contribution in [0.1, 0.15) is 15.9 Å². The van der Waals surface area contributed by atoms with Crippen molar-refractivity contribution < 1.29 is 37.0 Å². The van der Waals surface area contributed by atoms with Crippen LogP contribution in [-0.4, -0.2) is 51.8 Å². The van der Waals surface area contributed by atoms with Gasteiger partial charge in [-0.15, -0.1) is 0 Å². The Morgan fingerprint density at radius 2 is 1.91 bits per heavy atom. The molecule has 2 amide bonds. The first kappa shape index (κ1) is 23.2. The minimum atomic E-state index is -4.58. The van der Waals surface area contributed by atoms with Crippen molar-refractivity contribution in [2.24, 2.45) is 5.73 Å². The Kier molecular flexibility index (Phi) is 7.08. The smallest absolute Gasteiger partial charge is 0.416 e. The number of carbonyl (C=O) groups is 2. The van der Waals surface area contributed by atoms with Crippen molar-refractivity contribution in [2.75, 3.05) is 50.2 Å². The van der Waals surface area contributed by atoms with Crippen molar-refractivity contribution in [1.29, 1.82) is 0 Å². The van der Waals surface area contributed by atoms with Gasteiger partial charge in [0.25, 0.3) is 11.8 Å². The van der Waals surface area contributed by atoms with Gasteiger partial charge in [-0.1, -0.05) is 6.07 Å². The lowest BCUT2D eigenvalue weighted by molar-refractivity contribution is -0.137. The average molecular weight is 453 g/mol. The summed E-state index contributed by atoms with van der Waals surface area (Å²) in [6.07, 6.45) is -4.58. The van der Waals surface area contributed by atoms with Crippen LogP contribution >= 0.6 is 0 Å². The second kappa shape index (κ2) is 9.77. The van der Waals surface area contributed by atoms with Gasteiger partial charge in [-0.3, -0.25) is 9.59 Å². The molecular formula is C21H22F3N3O5. The monoisotopic (exact) mass is 453 g/mol. The Balaban J connectivity index is 1.82. The number of para-hydroxylation sites is 1. The molecule has 0 aromatic heterocycles. The SMILES string of the molecule is COc1cccc(C(N)=O)c1OCC(=O)Nc1cc(C(F)(F)F)ccc1N1CCOCC1. The summed E-state index contributed by atoms with van der Waals surface area (Å²) in [5.74, 6) is -1.36. The Bertz CT molecular complexity index is 991. The number of morpholine rings is 1. The molecule has 11 heteroatoms. The number of nitrogens with one attached hydrogen (secondary N) is 1. The van der Waals surface area contributed by atoms with E-state index in [0.29, 0.717) is 32.0 Å². The molecule has 0 radical (unpaired) electrons. The maximum absolute atomic E-state index is 13.2. The number of benzene rings is 2. The number of carbonyl (C=O) groups excluding carboxylic acids is 2. The predicted molar refractivity (Wildman–Crippen MR) is 110 cm³/mol. The van der Waals surface area contributed by atoms with Crippen molar-refractivity contribution in [3.8, 4) is 11.5 Å². The zero-order chi connectivity index (χ0) is 23.3. The van der Waals surface area contributed by atoms with Crippen LogP contribution in [0.3, 0.4) is 0 Å². The van der Waals surface area contributed by atoms with E-state index >= 15 is 0 Å². The topological polar surface area (TPSA) is 103 Å². The Morgan fingerprint density at radius 1 is 1.19 bits per heavy atom. The number of primary amides is 1. The van der Waals surface area contributed by atoms with Gasteiger partial charge in [-0.05, 0) is 30.3 Å². The number of hydrogen-bond acceptors (Lipinski definition) is 6. The molecule has 32 heavy (non-hydrogen) atoms. The van der Waals surface area contributed by atoms with Crippen molar-refractivity contribution in [3.05, 3.63) is 47.5 Å². The molecule has 172 valence electrons. The fraction of sp³-hybridized carbons (Fsp3) is 0.333. The Hall–Kier alpha value is -3.47. The standard InChI is InChI=1S/C21H22F3N3O5/c1-30-17-4-2-3-14(20(25)29)19(17)32-12-18(28)26-15-11-13(21(22,23)24)5-6-16(15)27-7-9-31-10-8-27/h2-6,11H,7-10,12H2,1H3,(H2,25,29)(H,26,28). The lowest BCUT2D eigenvalue weighted by Gasteiger charge is -2.31. The van der Waals surface area contributed by atoms with E-state index in [0.717, 1.165) is 12.1 Å². The van der Waals surface area contributed by atoms with E-state index in [2.05, 4.69) is 5.32 Å². The summed E-state index contributed by atoms with van der Waals surface area (Å²) in [7, 11) is 1.35. The third kappa shape index (κ3) is 5.41. The molecule has 3 rings (SSSR count). The average Bonchev–Trinajstić information content (AvgIpc) is 2.77. The molecule has 1 aliphatic heterocycles. The maximum Gasteiger partial charge on any atom is 0.416 e. The van der Waals surface area contributed by atoms with Crippen LogP contribution in [0.25, 0.3) is 0 Å². The zero-order valence-electron chi connectivity index (χ0n) is 17.2. The van der Waals surface area contributed by atoms with Crippen LogP contribution in [0, 0.1) is 0 Å². The number of rotatable bonds is 7. The lowest BCUT2D eigenvalue weighted by atomic mass is 10.1. The van der Waals surface area contributed by atoms with Gasteiger partial charge in [0.1, 0.15) is 0 Å². The number of nitrogens with two attached hydrogens (primary N) is 1. The highest BCUT2D eigenvalue weighted by Gasteiger charge is 2.32. The zero-order valence-corrected chi connectivity index (χ0v) is 17.2. The molecule has 0 saturated carbocycles. The van der Waals surface area contributed by atoms with E-state index in [-0.39, 0.29) is 22.7 Å². The molecule has 1 aliphatic rings. The molecule has 0 bridgehead atoms. The van der Waals surface area contributed by atoms with Gasteiger partial charge < -0.3 is 30.2 Å². The van der Waals surface area contributed by atoms with Crippen LogP contribution in [0.4, 0.5) is 24.5 Å². The Labute approximate surface area is 182 Å². The number of alkyl halides is 3. The Morgan fingerprint density at radius 3 is 2.53 bits per heavy atom. The molecule has 1 fully saturated rings. The third-order valence-electron chi connectivity index (χ3n) is 4.76. The summed E-state index contributed by atoms with van der Waals surface area (Å²) in [6.45, 7) is 1.18.